The maximum Gasteiger partial charge on any atom is 0.0613 e. The van der Waals surface area contributed by atoms with Crippen molar-refractivity contribution < 1.29 is 5.11 Å². The van der Waals surface area contributed by atoms with Crippen LogP contribution in [0.1, 0.15) is 32.6 Å². The molecule has 2 nitrogen and oxygen atoms in total. The molecule has 2 heteroatoms. The van der Waals surface area contributed by atoms with Crippen molar-refractivity contribution in [3.8, 4) is 0 Å². The van der Waals surface area contributed by atoms with Gasteiger partial charge in [-0.25, -0.2) is 0 Å². The van der Waals surface area contributed by atoms with Crippen LogP contribution in [0, 0.1) is 5.92 Å². The molecule has 1 rings (SSSR count). The lowest BCUT2D eigenvalue weighted by Crippen LogP contribution is -2.50. The monoisotopic (exact) mass is 183 g/mol. The molecule has 0 atom stereocenters. The minimum Gasteiger partial charge on any atom is -0.394 e. The topological polar surface area (TPSA) is 32.3 Å². The summed E-state index contributed by atoms with van der Waals surface area (Å²) in [4.78, 5) is 0. The Morgan fingerprint density at radius 2 is 2.15 bits per heavy atom. The summed E-state index contributed by atoms with van der Waals surface area (Å²) in [6.07, 6.45) is 6.50. The minimum absolute atomic E-state index is 0.0132. The van der Waals surface area contributed by atoms with Gasteiger partial charge in [0.1, 0.15) is 0 Å². The van der Waals surface area contributed by atoms with E-state index in [0.29, 0.717) is 0 Å². The van der Waals surface area contributed by atoms with E-state index in [1.165, 1.54) is 12.8 Å². The first-order valence-corrected chi connectivity index (χ1v) is 5.19. The van der Waals surface area contributed by atoms with E-state index >= 15 is 0 Å². The van der Waals surface area contributed by atoms with Gasteiger partial charge in [-0.3, -0.25) is 0 Å². The first-order chi connectivity index (χ1) is 6.22. The van der Waals surface area contributed by atoms with Crippen LogP contribution in [0.3, 0.4) is 0 Å². The summed E-state index contributed by atoms with van der Waals surface area (Å²) in [7, 11) is 0. The predicted molar refractivity (Wildman–Crippen MR) is 55.6 cm³/mol. The van der Waals surface area contributed by atoms with E-state index in [1.807, 2.05) is 6.08 Å². The Morgan fingerprint density at radius 1 is 1.54 bits per heavy atom. The highest BCUT2D eigenvalue weighted by atomic mass is 16.3. The molecule has 2 N–H and O–H groups in total. The highest BCUT2D eigenvalue weighted by molar-refractivity contribution is 4.93. The van der Waals surface area contributed by atoms with E-state index in [2.05, 4.69) is 18.8 Å². The Hall–Kier alpha value is -0.340. The Morgan fingerprint density at radius 3 is 2.62 bits per heavy atom. The molecule has 0 aromatic rings. The SMILES string of the molecule is C=CCNC1(CO)CCC(C)CC1. The fourth-order valence-corrected chi connectivity index (χ4v) is 1.99. The van der Waals surface area contributed by atoms with Crippen LogP contribution in [0.25, 0.3) is 0 Å². The van der Waals surface area contributed by atoms with Gasteiger partial charge >= 0.3 is 0 Å². The Labute approximate surface area is 81.0 Å². The fourth-order valence-electron chi connectivity index (χ4n) is 1.99. The molecule has 0 spiro atoms. The van der Waals surface area contributed by atoms with Crippen molar-refractivity contribution in [1.82, 2.24) is 5.32 Å². The van der Waals surface area contributed by atoms with Crippen molar-refractivity contribution in [2.24, 2.45) is 5.92 Å². The summed E-state index contributed by atoms with van der Waals surface area (Å²) >= 11 is 0. The zero-order chi connectivity index (χ0) is 9.73. The van der Waals surface area contributed by atoms with Crippen LogP contribution < -0.4 is 5.32 Å². The highest BCUT2D eigenvalue weighted by Crippen LogP contribution is 2.31. The van der Waals surface area contributed by atoms with Gasteiger partial charge in [0.2, 0.25) is 0 Å². The Balaban J connectivity index is 2.44. The predicted octanol–water partition coefficient (Wildman–Crippen LogP) is 1.70. The number of aliphatic hydroxyl groups excluding tert-OH is 1. The molecular formula is C11H21NO. The second-order valence-electron chi connectivity index (χ2n) is 4.29. The van der Waals surface area contributed by atoms with Crippen LogP contribution >= 0.6 is 0 Å². The maximum absolute atomic E-state index is 9.36. The molecule has 1 aliphatic rings. The molecule has 0 heterocycles. The van der Waals surface area contributed by atoms with Gasteiger partial charge in [0.15, 0.2) is 0 Å². The summed E-state index contributed by atoms with van der Waals surface area (Å²) < 4.78 is 0. The molecule has 1 fully saturated rings. The summed E-state index contributed by atoms with van der Waals surface area (Å²) in [5.74, 6) is 0.824. The van der Waals surface area contributed by atoms with E-state index in [1.54, 1.807) is 0 Å². The second-order valence-corrected chi connectivity index (χ2v) is 4.29. The van der Waals surface area contributed by atoms with Gasteiger partial charge in [0.05, 0.1) is 6.61 Å². The van der Waals surface area contributed by atoms with E-state index in [-0.39, 0.29) is 12.1 Å². The van der Waals surface area contributed by atoms with E-state index < -0.39 is 0 Å². The molecule has 0 aliphatic heterocycles. The molecule has 0 amide bonds. The van der Waals surface area contributed by atoms with E-state index in [9.17, 15) is 5.11 Å². The van der Waals surface area contributed by atoms with Crippen LogP contribution in [0.5, 0.6) is 0 Å². The highest BCUT2D eigenvalue weighted by Gasteiger charge is 2.32. The first-order valence-electron chi connectivity index (χ1n) is 5.19. The molecule has 13 heavy (non-hydrogen) atoms. The summed E-state index contributed by atoms with van der Waals surface area (Å²) in [6.45, 7) is 7.03. The minimum atomic E-state index is -0.0132. The van der Waals surface area contributed by atoms with Gasteiger partial charge in [-0.15, -0.1) is 6.58 Å². The maximum atomic E-state index is 9.36. The van der Waals surface area contributed by atoms with Crippen LogP contribution in [-0.2, 0) is 0 Å². The van der Waals surface area contributed by atoms with Gasteiger partial charge in [-0.2, -0.15) is 0 Å². The van der Waals surface area contributed by atoms with E-state index in [0.717, 1.165) is 25.3 Å². The molecule has 1 saturated carbocycles. The van der Waals surface area contributed by atoms with Crippen LogP contribution in [0.4, 0.5) is 0 Å². The molecule has 0 saturated heterocycles. The quantitative estimate of drug-likeness (QED) is 0.650. The van der Waals surface area contributed by atoms with Crippen LogP contribution in [0.2, 0.25) is 0 Å². The average Bonchev–Trinajstić information content (AvgIpc) is 2.18. The molecular weight excluding hydrogens is 162 g/mol. The lowest BCUT2D eigenvalue weighted by molar-refractivity contribution is 0.109. The van der Waals surface area contributed by atoms with E-state index in [4.69, 9.17) is 0 Å². The first kappa shape index (κ1) is 10.7. The zero-order valence-corrected chi connectivity index (χ0v) is 8.55. The summed E-state index contributed by atoms with van der Waals surface area (Å²) in [5.41, 5.74) is -0.0132. The lowest BCUT2D eigenvalue weighted by Gasteiger charge is -2.38. The second kappa shape index (κ2) is 4.77. The largest absolute Gasteiger partial charge is 0.394 e. The van der Waals surface area contributed by atoms with Crippen molar-refractivity contribution in [2.45, 2.75) is 38.1 Å². The normalized spacial score (nSPS) is 34.5. The van der Waals surface area contributed by atoms with Gasteiger partial charge in [0.25, 0.3) is 0 Å². The molecule has 0 aromatic carbocycles. The van der Waals surface area contributed by atoms with Gasteiger partial charge in [-0.05, 0) is 31.6 Å². The van der Waals surface area contributed by atoms with Crippen LogP contribution in [0.15, 0.2) is 12.7 Å². The zero-order valence-electron chi connectivity index (χ0n) is 8.55. The van der Waals surface area contributed by atoms with Crippen molar-refractivity contribution in [1.29, 1.82) is 0 Å². The average molecular weight is 183 g/mol. The summed E-state index contributed by atoms with van der Waals surface area (Å²) in [6, 6.07) is 0. The number of hydrogen-bond donors (Lipinski definition) is 2. The molecule has 0 unspecified atom stereocenters. The Bertz CT molecular complexity index is 159. The molecule has 76 valence electrons. The molecule has 0 radical (unpaired) electrons. The number of aliphatic hydroxyl groups is 1. The van der Waals surface area contributed by atoms with Crippen LogP contribution in [-0.4, -0.2) is 23.8 Å². The number of rotatable bonds is 4. The molecule has 0 bridgehead atoms. The van der Waals surface area contributed by atoms with Crippen molar-refractivity contribution >= 4 is 0 Å². The summed E-state index contributed by atoms with van der Waals surface area (Å²) in [5, 5.41) is 12.7. The molecule has 0 aromatic heterocycles. The smallest absolute Gasteiger partial charge is 0.0613 e. The third kappa shape index (κ3) is 2.82. The standard InChI is InChI=1S/C11H21NO/c1-3-8-12-11(9-13)6-4-10(2)5-7-11/h3,10,12-13H,1,4-9H2,2H3. The number of nitrogens with one attached hydrogen (secondary N) is 1. The van der Waals surface area contributed by atoms with Gasteiger partial charge in [-0.1, -0.05) is 13.0 Å². The van der Waals surface area contributed by atoms with Gasteiger partial charge < -0.3 is 10.4 Å². The molecule has 1 aliphatic carbocycles. The van der Waals surface area contributed by atoms with Crippen molar-refractivity contribution in [3.05, 3.63) is 12.7 Å². The lowest BCUT2D eigenvalue weighted by atomic mass is 9.77. The third-order valence-electron chi connectivity index (χ3n) is 3.16. The number of hydrogen-bond acceptors (Lipinski definition) is 2. The Kier molecular flexibility index (Phi) is 3.94. The van der Waals surface area contributed by atoms with Gasteiger partial charge in [0, 0.05) is 12.1 Å². The fraction of sp³-hybridized carbons (Fsp3) is 0.818. The van der Waals surface area contributed by atoms with Crippen molar-refractivity contribution in [3.63, 3.8) is 0 Å². The van der Waals surface area contributed by atoms with Crippen molar-refractivity contribution in [2.75, 3.05) is 13.2 Å². The third-order valence-corrected chi connectivity index (χ3v) is 3.16.